The summed E-state index contributed by atoms with van der Waals surface area (Å²) in [6, 6.07) is 23.8. The molecule has 0 N–H and O–H groups in total. The Labute approximate surface area is 245 Å². The van der Waals surface area contributed by atoms with E-state index in [1.54, 1.807) is 18.2 Å². The summed E-state index contributed by atoms with van der Waals surface area (Å²) < 4.78 is 68.2. The van der Waals surface area contributed by atoms with E-state index in [4.69, 9.17) is 16.8 Å². The van der Waals surface area contributed by atoms with Crippen molar-refractivity contribution in [3.8, 4) is 39.6 Å². The summed E-state index contributed by atoms with van der Waals surface area (Å²) in [5.74, 6) is -6.88. The van der Waals surface area contributed by atoms with Gasteiger partial charge in [-0.2, -0.15) is 14.0 Å². The Kier molecular flexibility index (Phi) is 6.08. The minimum atomic E-state index is -1.77. The summed E-state index contributed by atoms with van der Waals surface area (Å²) >= 11 is 1.00. The summed E-state index contributed by atoms with van der Waals surface area (Å²) in [6.45, 7) is 7.69. The van der Waals surface area contributed by atoms with Gasteiger partial charge in [-0.15, -0.1) is 0 Å². The molecule has 0 unspecified atom stereocenters. The Bertz CT molecular complexity index is 2340. The Morgan fingerprint density at radius 3 is 2.14 bits per heavy atom. The number of nitrogens with zero attached hydrogens (tertiary/aromatic N) is 5. The third kappa shape index (κ3) is 3.92. The van der Waals surface area contributed by atoms with Gasteiger partial charge in [0.1, 0.15) is 22.7 Å². The highest BCUT2D eigenvalue weighted by atomic mass is 32.1. The lowest BCUT2D eigenvalue weighted by Gasteiger charge is -2.15. The van der Waals surface area contributed by atoms with Crippen LogP contribution >= 0.6 is 11.7 Å². The number of fused-ring (bicyclic) bond motifs is 5. The molecular weight excluding hydrogens is 574 g/mol. The fourth-order valence-corrected chi connectivity index (χ4v) is 5.94. The lowest BCUT2D eigenvalue weighted by Crippen LogP contribution is -2.04. The monoisotopic (exact) mass is 587 g/mol. The van der Waals surface area contributed by atoms with Crippen molar-refractivity contribution in [2.75, 3.05) is 0 Å². The second-order valence-electron chi connectivity index (χ2n) is 9.61. The van der Waals surface area contributed by atoms with Crippen LogP contribution in [0.5, 0.6) is 0 Å². The zero-order valence-corrected chi connectivity index (χ0v) is 22.5. The minimum absolute atomic E-state index is 0.161. The Balaban J connectivity index is 1.60. The van der Waals surface area contributed by atoms with Crippen molar-refractivity contribution in [3.05, 3.63) is 119 Å². The van der Waals surface area contributed by atoms with Gasteiger partial charge in [-0.1, -0.05) is 66.7 Å². The van der Waals surface area contributed by atoms with Crippen LogP contribution in [0.15, 0.2) is 78.9 Å². The maximum Gasteiger partial charge on any atom is 0.194 e. The van der Waals surface area contributed by atoms with Crippen molar-refractivity contribution in [1.29, 1.82) is 5.26 Å². The van der Waals surface area contributed by atoms with Gasteiger partial charge in [0.05, 0.1) is 35.1 Å². The van der Waals surface area contributed by atoms with Crippen molar-refractivity contribution >= 4 is 50.1 Å². The first-order valence-electron chi connectivity index (χ1n) is 12.7. The van der Waals surface area contributed by atoms with Crippen LogP contribution in [-0.2, 0) is 0 Å². The molecule has 43 heavy (non-hydrogen) atoms. The molecule has 5 nitrogen and oxygen atoms in total. The summed E-state index contributed by atoms with van der Waals surface area (Å²) in [6.07, 6.45) is 0. The number of aromatic nitrogens is 3. The molecule has 0 fully saturated rings. The predicted octanol–water partition coefficient (Wildman–Crippen LogP) is 9.37. The van der Waals surface area contributed by atoms with Crippen molar-refractivity contribution < 1.29 is 17.6 Å². The highest BCUT2D eigenvalue weighted by molar-refractivity contribution is 7.00. The van der Waals surface area contributed by atoms with Gasteiger partial charge in [0.15, 0.2) is 29.0 Å². The van der Waals surface area contributed by atoms with Crippen LogP contribution in [-0.4, -0.2) is 13.7 Å². The summed E-state index contributed by atoms with van der Waals surface area (Å²) in [5, 5.41) is 10.9. The predicted molar refractivity (Wildman–Crippen MR) is 157 cm³/mol. The van der Waals surface area contributed by atoms with Crippen molar-refractivity contribution in [1.82, 2.24) is 13.7 Å². The van der Waals surface area contributed by atoms with E-state index < -0.39 is 34.4 Å². The van der Waals surface area contributed by atoms with E-state index in [1.807, 2.05) is 48.5 Å². The number of para-hydroxylation sites is 1. The first-order valence-corrected chi connectivity index (χ1v) is 13.5. The van der Waals surface area contributed by atoms with Crippen LogP contribution in [0.2, 0.25) is 0 Å². The SMILES string of the molecule is [C-]#[N+]c1ccccc1-c1cc2c(-c3ccccc3)nc3cc(-c4c(F)c(F)c(C#N)c(F)c4F)ccc3c2c2nsnc12. The highest BCUT2D eigenvalue weighted by Gasteiger charge is 2.27. The second-order valence-corrected chi connectivity index (χ2v) is 10.1. The minimum Gasteiger partial charge on any atom is -0.247 e. The number of nitriles is 1. The molecule has 0 amide bonds. The number of hydrogen-bond acceptors (Lipinski definition) is 5. The van der Waals surface area contributed by atoms with E-state index in [9.17, 15) is 8.78 Å². The number of rotatable bonds is 3. The van der Waals surface area contributed by atoms with Gasteiger partial charge >= 0.3 is 0 Å². The van der Waals surface area contributed by atoms with Gasteiger partial charge in [0.25, 0.3) is 0 Å². The van der Waals surface area contributed by atoms with E-state index in [2.05, 4.69) is 13.6 Å². The molecule has 7 rings (SSSR count). The van der Waals surface area contributed by atoms with Gasteiger partial charge in [0, 0.05) is 27.3 Å². The topological polar surface area (TPSA) is 66.8 Å². The molecule has 2 heterocycles. The Hall–Kier alpha value is -5.71. The van der Waals surface area contributed by atoms with E-state index in [1.165, 1.54) is 18.2 Å². The standard InChI is InChI=1S/C33H13F4N5S/c1-39-23-10-6-5-9-18(23)20-14-21-26(33-32(20)41-43-42-33)19-12-11-17(13-24(19)40-31(21)16-7-3-2-4-8-16)25-29(36)27(34)22(15-38)28(35)30(25)37/h2-14H. The molecule has 0 radical (unpaired) electrons. The summed E-state index contributed by atoms with van der Waals surface area (Å²) in [5.41, 5.74) is 2.06. The molecule has 0 saturated heterocycles. The third-order valence-electron chi connectivity index (χ3n) is 7.32. The largest absolute Gasteiger partial charge is 0.247 e. The number of pyridine rings is 1. The molecule has 10 heteroatoms. The van der Waals surface area contributed by atoms with Gasteiger partial charge in [-0.25, -0.2) is 27.4 Å². The molecule has 0 aliphatic rings. The average molecular weight is 588 g/mol. The van der Waals surface area contributed by atoms with E-state index in [0.29, 0.717) is 49.7 Å². The van der Waals surface area contributed by atoms with E-state index in [0.717, 1.165) is 17.3 Å². The van der Waals surface area contributed by atoms with E-state index >= 15 is 8.78 Å². The van der Waals surface area contributed by atoms with Gasteiger partial charge in [-0.3, -0.25) is 0 Å². The fourth-order valence-electron chi connectivity index (χ4n) is 5.38. The molecule has 0 saturated carbocycles. The smallest absolute Gasteiger partial charge is 0.194 e. The van der Waals surface area contributed by atoms with Crippen molar-refractivity contribution in [2.24, 2.45) is 0 Å². The van der Waals surface area contributed by atoms with Crippen LogP contribution < -0.4 is 0 Å². The average Bonchev–Trinajstić information content (AvgIpc) is 3.54. The maximum atomic E-state index is 15.0. The summed E-state index contributed by atoms with van der Waals surface area (Å²) in [4.78, 5) is 8.56. The molecule has 0 aliphatic heterocycles. The molecule has 0 spiro atoms. The highest BCUT2D eigenvalue weighted by Crippen LogP contribution is 2.44. The van der Waals surface area contributed by atoms with Crippen molar-refractivity contribution in [3.63, 3.8) is 0 Å². The molecule has 2 aromatic heterocycles. The first-order chi connectivity index (χ1) is 20.9. The lowest BCUT2D eigenvalue weighted by molar-refractivity contribution is 0.454. The maximum absolute atomic E-state index is 15.0. The van der Waals surface area contributed by atoms with Crippen LogP contribution in [0.1, 0.15) is 5.56 Å². The lowest BCUT2D eigenvalue weighted by atomic mass is 9.92. The zero-order chi connectivity index (χ0) is 29.8. The summed E-state index contributed by atoms with van der Waals surface area (Å²) in [7, 11) is 0. The number of halogens is 4. The van der Waals surface area contributed by atoms with Gasteiger partial charge in [0.2, 0.25) is 0 Å². The fraction of sp³-hybridized carbons (Fsp3) is 0. The zero-order valence-electron chi connectivity index (χ0n) is 21.7. The first kappa shape index (κ1) is 26.2. The number of benzene rings is 5. The molecular formula is C33H13F4N5S. The van der Waals surface area contributed by atoms with Gasteiger partial charge < -0.3 is 0 Å². The molecule has 204 valence electrons. The number of hydrogen-bond donors (Lipinski definition) is 0. The molecule has 7 aromatic rings. The Morgan fingerprint density at radius 2 is 1.42 bits per heavy atom. The molecule has 0 bridgehead atoms. The van der Waals surface area contributed by atoms with Gasteiger partial charge in [-0.05, 0) is 23.3 Å². The van der Waals surface area contributed by atoms with Crippen molar-refractivity contribution in [2.45, 2.75) is 0 Å². The van der Waals surface area contributed by atoms with Crippen LogP contribution in [0, 0.1) is 41.2 Å². The second kappa shape index (κ2) is 9.98. The van der Waals surface area contributed by atoms with Crippen LogP contribution in [0.4, 0.5) is 23.2 Å². The molecule has 0 atom stereocenters. The van der Waals surface area contributed by atoms with E-state index in [-0.39, 0.29) is 11.1 Å². The normalized spacial score (nSPS) is 11.2. The molecule has 5 aromatic carbocycles. The Morgan fingerprint density at radius 1 is 0.721 bits per heavy atom. The third-order valence-corrected chi connectivity index (χ3v) is 7.85. The van der Waals surface area contributed by atoms with Crippen LogP contribution in [0.25, 0.3) is 71.1 Å². The van der Waals surface area contributed by atoms with Crippen LogP contribution in [0.3, 0.4) is 0 Å². The quantitative estimate of drug-likeness (QED) is 0.0894. The molecule has 0 aliphatic carbocycles.